The zero-order chi connectivity index (χ0) is 20.5. The van der Waals surface area contributed by atoms with Gasteiger partial charge in [-0.25, -0.2) is 0 Å². The molecule has 0 saturated heterocycles. The Morgan fingerprint density at radius 1 is 1.29 bits per heavy atom. The fourth-order valence-electron chi connectivity index (χ4n) is 2.48. The minimum Gasteiger partial charge on any atom is -0.493 e. The van der Waals surface area contributed by atoms with Crippen LogP contribution in [0, 0.1) is 22.7 Å². The van der Waals surface area contributed by atoms with Crippen LogP contribution in [-0.4, -0.2) is 19.6 Å². The molecule has 0 aliphatic heterocycles. The highest BCUT2D eigenvalue weighted by Gasteiger charge is 2.16. The molecule has 0 bridgehead atoms. The van der Waals surface area contributed by atoms with Crippen molar-refractivity contribution in [3.63, 3.8) is 0 Å². The van der Waals surface area contributed by atoms with Crippen molar-refractivity contribution in [1.29, 1.82) is 10.5 Å². The van der Waals surface area contributed by atoms with Crippen molar-refractivity contribution in [3.05, 3.63) is 63.6 Å². The smallest absolute Gasteiger partial charge is 0.262 e. The number of ether oxygens (including phenoxy) is 2. The van der Waals surface area contributed by atoms with Crippen LogP contribution in [-0.2, 0) is 4.79 Å². The predicted molar refractivity (Wildman–Crippen MR) is 108 cm³/mol. The lowest BCUT2D eigenvalue weighted by molar-refractivity contribution is -0.117. The molecule has 142 valence electrons. The number of methoxy groups -OCH3 is 1. The molecule has 28 heavy (non-hydrogen) atoms. The summed E-state index contributed by atoms with van der Waals surface area (Å²) in [6, 6.07) is 16.4. The average molecular weight is 440 g/mol. The van der Waals surface area contributed by atoms with Crippen LogP contribution in [0.1, 0.15) is 24.1 Å². The summed E-state index contributed by atoms with van der Waals surface area (Å²) in [6.45, 7) is 1.72. The Balaban J connectivity index is 2.26. The van der Waals surface area contributed by atoms with Gasteiger partial charge in [-0.05, 0) is 52.2 Å². The Morgan fingerprint density at radius 3 is 2.61 bits per heavy atom. The van der Waals surface area contributed by atoms with E-state index in [-0.39, 0.29) is 18.2 Å². The lowest BCUT2D eigenvalue weighted by Crippen LogP contribution is -2.27. The van der Waals surface area contributed by atoms with Crippen molar-refractivity contribution in [3.8, 4) is 23.6 Å². The monoisotopic (exact) mass is 439 g/mol. The number of carbonyl (C=O) groups excluding carboxylic acids is 1. The lowest BCUT2D eigenvalue weighted by atomic mass is 10.1. The third-order valence-electron chi connectivity index (χ3n) is 3.86. The molecule has 0 aromatic heterocycles. The standard InChI is InChI=1S/C21H18BrN3O3/c1-14(16-6-4-3-5-7-16)25-21(26)17(13-24)10-15-11-18(22)20(28-9-8-23)19(12-15)27-2/h3-7,10-12,14H,9H2,1-2H3,(H,25,26)/b17-10+/t14-/m1/s1. The second-order valence-corrected chi connectivity index (χ2v) is 6.61. The summed E-state index contributed by atoms with van der Waals surface area (Å²) in [5, 5.41) is 20.9. The minimum atomic E-state index is -0.473. The second kappa shape index (κ2) is 10.1. The molecule has 0 unspecified atom stereocenters. The van der Waals surface area contributed by atoms with E-state index in [1.807, 2.05) is 49.4 Å². The number of nitriles is 2. The molecule has 0 spiro atoms. The van der Waals surface area contributed by atoms with Gasteiger partial charge in [0.05, 0.1) is 17.6 Å². The quantitative estimate of drug-likeness (QED) is 0.516. The summed E-state index contributed by atoms with van der Waals surface area (Å²) < 4.78 is 11.2. The van der Waals surface area contributed by atoms with Gasteiger partial charge in [0.1, 0.15) is 17.7 Å². The molecule has 0 radical (unpaired) electrons. The number of nitrogens with zero attached hydrogens (tertiary/aromatic N) is 2. The first-order valence-corrected chi connectivity index (χ1v) is 9.14. The van der Waals surface area contributed by atoms with E-state index in [9.17, 15) is 10.1 Å². The molecule has 0 aliphatic rings. The van der Waals surface area contributed by atoms with Gasteiger partial charge in [0.2, 0.25) is 0 Å². The van der Waals surface area contributed by atoms with E-state index in [1.54, 1.807) is 12.1 Å². The number of amides is 1. The third kappa shape index (κ3) is 5.35. The summed E-state index contributed by atoms with van der Waals surface area (Å²) in [6.07, 6.45) is 1.47. The van der Waals surface area contributed by atoms with E-state index in [1.165, 1.54) is 13.2 Å². The Bertz CT molecular complexity index is 959. The van der Waals surface area contributed by atoms with Crippen molar-refractivity contribution >= 4 is 27.9 Å². The van der Waals surface area contributed by atoms with Crippen LogP contribution in [0.15, 0.2) is 52.5 Å². The Hall–Kier alpha value is -3.29. The zero-order valence-corrected chi connectivity index (χ0v) is 17.0. The summed E-state index contributed by atoms with van der Waals surface area (Å²) in [4.78, 5) is 12.5. The highest BCUT2D eigenvalue weighted by atomic mass is 79.9. The Labute approximate surface area is 172 Å². The normalized spacial score (nSPS) is 11.7. The van der Waals surface area contributed by atoms with Gasteiger partial charge < -0.3 is 14.8 Å². The summed E-state index contributed by atoms with van der Waals surface area (Å²) in [5.74, 6) is 0.284. The molecule has 0 heterocycles. The van der Waals surface area contributed by atoms with E-state index in [4.69, 9.17) is 14.7 Å². The van der Waals surface area contributed by atoms with E-state index in [0.29, 0.717) is 21.5 Å². The molecule has 1 amide bonds. The van der Waals surface area contributed by atoms with Crippen LogP contribution in [0.2, 0.25) is 0 Å². The third-order valence-corrected chi connectivity index (χ3v) is 4.45. The fraction of sp³-hybridized carbons (Fsp3) is 0.190. The molecule has 2 aromatic rings. The topological polar surface area (TPSA) is 95.1 Å². The van der Waals surface area contributed by atoms with Crippen LogP contribution in [0.4, 0.5) is 0 Å². The van der Waals surface area contributed by atoms with Crippen LogP contribution >= 0.6 is 15.9 Å². The van der Waals surface area contributed by atoms with Crippen LogP contribution in [0.25, 0.3) is 6.08 Å². The van der Waals surface area contributed by atoms with Gasteiger partial charge in [-0.15, -0.1) is 0 Å². The molecule has 6 nitrogen and oxygen atoms in total. The number of halogens is 1. The predicted octanol–water partition coefficient (Wildman–Crippen LogP) is 4.14. The SMILES string of the molecule is COc1cc(/C=C(\C#N)C(=O)N[C@H](C)c2ccccc2)cc(Br)c1OCC#N. The molecule has 1 atom stereocenters. The van der Waals surface area contributed by atoms with Gasteiger partial charge in [-0.2, -0.15) is 10.5 Å². The highest BCUT2D eigenvalue weighted by molar-refractivity contribution is 9.10. The number of carbonyl (C=O) groups is 1. The van der Waals surface area contributed by atoms with Gasteiger partial charge in [0.25, 0.3) is 5.91 Å². The van der Waals surface area contributed by atoms with Gasteiger partial charge in [-0.1, -0.05) is 30.3 Å². The van der Waals surface area contributed by atoms with Gasteiger partial charge in [0.15, 0.2) is 18.1 Å². The second-order valence-electron chi connectivity index (χ2n) is 5.76. The molecule has 0 saturated carbocycles. The van der Waals surface area contributed by atoms with Crippen LogP contribution in [0.3, 0.4) is 0 Å². The molecule has 0 aliphatic carbocycles. The van der Waals surface area contributed by atoms with Crippen molar-refractivity contribution < 1.29 is 14.3 Å². The summed E-state index contributed by atoms with van der Waals surface area (Å²) >= 11 is 3.36. The minimum absolute atomic E-state index is 0.0394. The fourth-order valence-corrected chi connectivity index (χ4v) is 3.06. The van der Waals surface area contributed by atoms with Crippen molar-refractivity contribution in [2.45, 2.75) is 13.0 Å². The first kappa shape index (κ1) is 21.0. The Kier molecular flexibility index (Phi) is 7.62. The van der Waals surface area contributed by atoms with E-state index < -0.39 is 5.91 Å². The number of hydrogen-bond acceptors (Lipinski definition) is 5. The number of nitrogens with one attached hydrogen (secondary N) is 1. The van der Waals surface area contributed by atoms with E-state index in [2.05, 4.69) is 21.2 Å². The Morgan fingerprint density at radius 2 is 2.00 bits per heavy atom. The number of rotatable bonds is 7. The molecule has 0 fully saturated rings. The number of hydrogen-bond donors (Lipinski definition) is 1. The molecule has 2 aromatic carbocycles. The largest absolute Gasteiger partial charge is 0.493 e. The lowest BCUT2D eigenvalue weighted by Gasteiger charge is -2.14. The van der Waals surface area contributed by atoms with Crippen molar-refractivity contribution in [1.82, 2.24) is 5.32 Å². The van der Waals surface area contributed by atoms with Crippen LogP contribution < -0.4 is 14.8 Å². The van der Waals surface area contributed by atoms with Crippen molar-refractivity contribution in [2.24, 2.45) is 0 Å². The highest BCUT2D eigenvalue weighted by Crippen LogP contribution is 2.37. The van der Waals surface area contributed by atoms with Gasteiger partial charge in [0, 0.05) is 0 Å². The molecular weight excluding hydrogens is 422 g/mol. The maximum Gasteiger partial charge on any atom is 0.262 e. The zero-order valence-electron chi connectivity index (χ0n) is 15.4. The van der Waals surface area contributed by atoms with Gasteiger partial charge >= 0.3 is 0 Å². The summed E-state index contributed by atoms with van der Waals surface area (Å²) in [7, 11) is 1.47. The van der Waals surface area contributed by atoms with E-state index in [0.717, 1.165) is 5.56 Å². The van der Waals surface area contributed by atoms with Crippen LogP contribution in [0.5, 0.6) is 11.5 Å². The first-order chi connectivity index (χ1) is 13.5. The maximum atomic E-state index is 12.5. The molecular formula is C21H18BrN3O3. The molecule has 1 N–H and O–H groups in total. The molecule has 7 heteroatoms. The van der Waals surface area contributed by atoms with Crippen molar-refractivity contribution in [2.75, 3.05) is 13.7 Å². The molecule has 2 rings (SSSR count). The van der Waals surface area contributed by atoms with E-state index >= 15 is 0 Å². The van der Waals surface area contributed by atoms with Gasteiger partial charge in [-0.3, -0.25) is 4.79 Å². The first-order valence-electron chi connectivity index (χ1n) is 8.35. The average Bonchev–Trinajstić information content (AvgIpc) is 2.71. The maximum absolute atomic E-state index is 12.5. The number of benzene rings is 2. The summed E-state index contributed by atoms with van der Waals surface area (Å²) in [5.41, 5.74) is 1.48.